The highest BCUT2D eigenvalue weighted by Gasteiger charge is 2.02. The predicted molar refractivity (Wildman–Crippen MR) is 69.5 cm³/mol. The molecule has 1 heteroatoms. The highest BCUT2D eigenvalue weighted by molar-refractivity contribution is 5.28. The Labute approximate surface area is 91.1 Å². The number of nitrogens with two attached hydrogens (primary N) is 1. The third-order valence-corrected chi connectivity index (χ3v) is 1.84. The van der Waals surface area contributed by atoms with Crippen molar-refractivity contribution in [2.24, 2.45) is 11.7 Å². The molecule has 0 saturated carbocycles. The van der Waals surface area contributed by atoms with Crippen molar-refractivity contribution in [1.82, 2.24) is 0 Å². The lowest BCUT2D eigenvalue weighted by Crippen LogP contribution is -1.95. The molecule has 0 rings (SSSR count). The maximum Gasteiger partial charge on any atom is -0.0195 e. The summed E-state index contributed by atoms with van der Waals surface area (Å²) in [7, 11) is 1.50. The van der Waals surface area contributed by atoms with Gasteiger partial charge in [-0.3, -0.25) is 0 Å². The molecule has 0 aromatic heterocycles. The van der Waals surface area contributed by atoms with Crippen LogP contribution in [0.2, 0.25) is 0 Å². The van der Waals surface area contributed by atoms with Gasteiger partial charge in [-0.2, -0.15) is 0 Å². The first-order valence-corrected chi connectivity index (χ1v) is 5.55. The molecule has 0 aliphatic heterocycles. The van der Waals surface area contributed by atoms with Crippen molar-refractivity contribution in [1.29, 1.82) is 0 Å². The van der Waals surface area contributed by atoms with Crippen molar-refractivity contribution in [3.05, 3.63) is 23.8 Å². The summed E-state index contributed by atoms with van der Waals surface area (Å²) in [5, 5.41) is 0. The largest absolute Gasteiger partial charge is 0.333 e. The van der Waals surface area contributed by atoms with E-state index in [0.717, 1.165) is 6.42 Å². The van der Waals surface area contributed by atoms with Gasteiger partial charge in [-0.25, -0.2) is 0 Å². The van der Waals surface area contributed by atoms with Crippen LogP contribution in [0.5, 0.6) is 0 Å². The molecule has 0 saturated heterocycles. The number of hydrogen-bond acceptors (Lipinski definition) is 1. The van der Waals surface area contributed by atoms with Crippen LogP contribution in [-0.4, -0.2) is 7.05 Å². The Bertz CT molecular complexity index is 143. The van der Waals surface area contributed by atoms with Crippen molar-refractivity contribution < 1.29 is 0 Å². The molecule has 0 atom stereocenters. The van der Waals surface area contributed by atoms with Crippen molar-refractivity contribution in [3.63, 3.8) is 0 Å². The van der Waals surface area contributed by atoms with E-state index in [1.807, 2.05) is 13.8 Å². The van der Waals surface area contributed by atoms with Crippen LogP contribution in [0, 0.1) is 5.92 Å². The molecule has 0 radical (unpaired) electrons. The highest BCUT2D eigenvalue weighted by atomic mass is 14.4. The lowest BCUT2D eigenvalue weighted by molar-refractivity contribution is 0.770. The zero-order valence-electron chi connectivity index (χ0n) is 11.1. The summed E-state index contributed by atoms with van der Waals surface area (Å²) in [4.78, 5) is 0. The molecule has 0 aliphatic carbocycles. The minimum atomic E-state index is 0.589. The molecule has 0 fully saturated rings. The molecule has 86 valence electrons. The van der Waals surface area contributed by atoms with E-state index < -0.39 is 0 Å². The molecule has 0 aromatic carbocycles. The minimum Gasteiger partial charge on any atom is -0.333 e. The fraction of sp³-hybridized carbons (Fsp3) is 0.692. The predicted octanol–water partition coefficient (Wildman–Crippen LogP) is 4.16. The lowest BCUT2D eigenvalue weighted by atomic mass is 9.95. The summed E-state index contributed by atoms with van der Waals surface area (Å²) in [6.07, 6.45) is 3.26. The third-order valence-electron chi connectivity index (χ3n) is 1.84. The second-order valence-electron chi connectivity index (χ2n) is 2.85. The molecule has 0 unspecified atom stereocenters. The van der Waals surface area contributed by atoms with Crippen LogP contribution in [-0.2, 0) is 0 Å². The molecule has 2 N–H and O–H groups in total. The molecule has 0 aromatic rings. The SMILES string of the molecule is C=C(/C(=C\C)CC)C(C)C.CC.CN. The van der Waals surface area contributed by atoms with Gasteiger partial charge in [0.25, 0.3) is 0 Å². The molecule has 0 bridgehead atoms. The van der Waals surface area contributed by atoms with E-state index in [1.165, 1.54) is 18.2 Å². The Morgan fingerprint density at radius 3 is 1.71 bits per heavy atom. The number of allylic oxidation sites excluding steroid dienone is 3. The maximum absolute atomic E-state index is 4.50. The van der Waals surface area contributed by atoms with Gasteiger partial charge in [-0.05, 0) is 37.5 Å². The van der Waals surface area contributed by atoms with Crippen molar-refractivity contribution in [3.8, 4) is 0 Å². The van der Waals surface area contributed by atoms with E-state index in [4.69, 9.17) is 0 Å². The molecule has 0 aliphatic rings. The second kappa shape index (κ2) is 14.9. The van der Waals surface area contributed by atoms with E-state index in [9.17, 15) is 0 Å². The standard InChI is InChI=1S/C10H18.C2H6.CH5N/c1-6-10(7-2)9(5)8(3)4;2*1-2/h6,8H,5,7H2,1-4H3;1-2H3;2H2,1H3/b10-6-;;. The lowest BCUT2D eigenvalue weighted by Gasteiger charge is -2.11. The summed E-state index contributed by atoms with van der Waals surface area (Å²) in [5.41, 5.74) is 7.18. The van der Waals surface area contributed by atoms with Crippen molar-refractivity contribution in [2.75, 3.05) is 7.05 Å². The van der Waals surface area contributed by atoms with Crippen LogP contribution in [0.3, 0.4) is 0 Å². The Balaban J connectivity index is -0.000000266. The van der Waals surface area contributed by atoms with Gasteiger partial charge in [0.2, 0.25) is 0 Å². The van der Waals surface area contributed by atoms with Crippen molar-refractivity contribution in [2.45, 2.75) is 48.0 Å². The first-order chi connectivity index (χ1) is 6.63. The first kappa shape index (κ1) is 19.1. The van der Waals surface area contributed by atoms with E-state index in [2.05, 4.69) is 46.1 Å². The summed E-state index contributed by atoms with van der Waals surface area (Å²) < 4.78 is 0. The van der Waals surface area contributed by atoms with E-state index in [1.54, 1.807) is 0 Å². The van der Waals surface area contributed by atoms with Crippen LogP contribution in [0.25, 0.3) is 0 Å². The smallest absolute Gasteiger partial charge is 0.0195 e. The summed E-state index contributed by atoms with van der Waals surface area (Å²) in [6, 6.07) is 0. The zero-order chi connectivity index (χ0) is 12.1. The van der Waals surface area contributed by atoms with E-state index in [-0.39, 0.29) is 0 Å². The molecule has 1 nitrogen and oxygen atoms in total. The van der Waals surface area contributed by atoms with Crippen LogP contribution < -0.4 is 5.73 Å². The molecule has 0 heterocycles. The fourth-order valence-electron chi connectivity index (χ4n) is 0.987. The van der Waals surface area contributed by atoms with Gasteiger partial charge in [0.15, 0.2) is 0 Å². The van der Waals surface area contributed by atoms with Crippen LogP contribution >= 0.6 is 0 Å². The Morgan fingerprint density at radius 1 is 1.29 bits per heavy atom. The molecule has 14 heavy (non-hydrogen) atoms. The fourth-order valence-corrected chi connectivity index (χ4v) is 0.987. The quantitative estimate of drug-likeness (QED) is 0.679. The summed E-state index contributed by atoms with van der Waals surface area (Å²) >= 11 is 0. The number of hydrogen-bond donors (Lipinski definition) is 1. The van der Waals surface area contributed by atoms with E-state index in [0.29, 0.717) is 5.92 Å². The van der Waals surface area contributed by atoms with Crippen LogP contribution in [0.1, 0.15) is 48.0 Å². The monoisotopic (exact) mass is 199 g/mol. The van der Waals surface area contributed by atoms with Crippen molar-refractivity contribution >= 4 is 0 Å². The summed E-state index contributed by atoms with van der Waals surface area (Å²) in [6.45, 7) is 16.6. The van der Waals surface area contributed by atoms with Gasteiger partial charge < -0.3 is 5.73 Å². The molecule has 0 amide bonds. The van der Waals surface area contributed by atoms with Gasteiger partial charge in [-0.1, -0.05) is 47.3 Å². The first-order valence-electron chi connectivity index (χ1n) is 5.55. The van der Waals surface area contributed by atoms with Gasteiger partial charge in [0.1, 0.15) is 0 Å². The molecule has 0 spiro atoms. The highest BCUT2D eigenvalue weighted by Crippen LogP contribution is 2.19. The third kappa shape index (κ3) is 9.53. The Kier molecular flexibility index (Phi) is 20.4. The Hall–Kier alpha value is -0.560. The maximum atomic E-state index is 4.50. The van der Waals surface area contributed by atoms with Crippen LogP contribution in [0.4, 0.5) is 0 Å². The number of rotatable bonds is 3. The van der Waals surface area contributed by atoms with Gasteiger partial charge in [-0.15, -0.1) is 0 Å². The Morgan fingerprint density at radius 2 is 1.64 bits per heavy atom. The molecular formula is C13H29N. The van der Waals surface area contributed by atoms with E-state index >= 15 is 0 Å². The topological polar surface area (TPSA) is 26.0 Å². The molecular weight excluding hydrogens is 170 g/mol. The van der Waals surface area contributed by atoms with Gasteiger partial charge in [0, 0.05) is 0 Å². The second-order valence-corrected chi connectivity index (χ2v) is 2.85. The van der Waals surface area contributed by atoms with Gasteiger partial charge in [0.05, 0.1) is 0 Å². The van der Waals surface area contributed by atoms with Crippen LogP contribution in [0.15, 0.2) is 23.8 Å². The minimum absolute atomic E-state index is 0.589. The zero-order valence-corrected chi connectivity index (χ0v) is 11.1. The summed E-state index contributed by atoms with van der Waals surface area (Å²) in [5.74, 6) is 0.589. The average Bonchev–Trinajstić information content (AvgIpc) is 2.25. The average molecular weight is 199 g/mol. The van der Waals surface area contributed by atoms with Gasteiger partial charge >= 0.3 is 0 Å². The normalized spacial score (nSPS) is 9.64.